The number of hydrogen-bond acceptors (Lipinski definition) is 5. The van der Waals surface area contributed by atoms with E-state index in [1.54, 1.807) is 18.9 Å². The normalized spacial score (nSPS) is 16.4. The first-order valence-electron chi connectivity index (χ1n) is 8.95. The molecule has 1 aliphatic carbocycles. The van der Waals surface area contributed by atoms with Crippen LogP contribution in [0, 0.1) is 0 Å². The average Bonchev–Trinajstić information content (AvgIpc) is 3.12. The minimum absolute atomic E-state index is 0.00770. The largest absolute Gasteiger partial charge is 0.375 e. The van der Waals surface area contributed by atoms with Crippen LogP contribution >= 0.6 is 0 Å². The van der Waals surface area contributed by atoms with Gasteiger partial charge in [0.05, 0.1) is 12.1 Å². The molecule has 1 saturated carbocycles. The average molecular weight is 342 g/mol. The molecule has 1 atom stereocenters. The Balaban J connectivity index is 1.69. The van der Waals surface area contributed by atoms with Gasteiger partial charge in [-0.1, -0.05) is 19.3 Å². The number of carbonyl (C=O) groups is 1. The summed E-state index contributed by atoms with van der Waals surface area (Å²) in [6, 6.07) is 8.23. The maximum absolute atomic E-state index is 11.4. The summed E-state index contributed by atoms with van der Waals surface area (Å²) in [5.74, 6) is 0.887. The lowest BCUT2D eigenvalue weighted by atomic mass is 9.95. The molecule has 1 fully saturated rings. The summed E-state index contributed by atoms with van der Waals surface area (Å²) in [5, 5.41) is 15.8. The molecule has 1 aromatic heterocycles. The van der Waals surface area contributed by atoms with Crippen molar-refractivity contribution < 1.29 is 4.79 Å². The van der Waals surface area contributed by atoms with Crippen LogP contribution in [-0.4, -0.2) is 33.2 Å². The molecule has 7 nitrogen and oxygen atoms in total. The molecule has 0 radical (unpaired) electrons. The lowest BCUT2D eigenvalue weighted by molar-refractivity contribution is -0.116. The summed E-state index contributed by atoms with van der Waals surface area (Å²) in [5.41, 5.74) is 1.85. The minimum Gasteiger partial charge on any atom is -0.375 e. The van der Waals surface area contributed by atoms with Crippen LogP contribution in [0.4, 0.5) is 11.4 Å². The van der Waals surface area contributed by atoms with Gasteiger partial charge in [-0.15, -0.1) is 5.10 Å². The van der Waals surface area contributed by atoms with Gasteiger partial charge in [0.1, 0.15) is 0 Å². The number of hydrogen-bond donors (Lipinski definition) is 1. The van der Waals surface area contributed by atoms with E-state index in [0.717, 1.165) is 30.0 Å². The molecule has 3 rings (SSSR count). The zero-order valence-electron chi connectivity index (χ0n) is 15.1. The highest BCUT2D eigenvalue weighted by atomic mass is 16.2. The molecule has 134 valence electrons. The van der Waals surface area contributed by atoms with Crippen LogP contribution in [0.2, 0.25) is 0 Å². The third-order valence-corrected chi connectivity index (χ3v) is 4.94. The number of anilines is 2. The lowest BCUT2D eigenvalue weighted by Crippen LogP contribution is -2.22. The van der Waals surface area contributed by atoms with Crippen molar-refractivity contribution in [3.63, 3.8) is 0 Å². The molecule has 1 aromatic carbocycles. The summed E-state index contributed by atoms with van der Waals surface area (Å²) >= 11 is 0. The Morgan fingerprint density at radius 2 is 1.92 bits per heavy atom. The molecular weight excluding hydrogens is 316 g/mol. The van der Waals surface area contributed by atoms with Gasteiger partial charge in [0.15, 0.2) is 5.82 Å². The van der Waals surface area contributed by atoms with Gasteiger partial charge in [0, 0.05) is 25.3 Å². The van der Waals surface area contributed by atoms with Gasteiger partial charge in [0.2, 0.25) is 5.91 Å². The molecule has 0 saturated heterocycles. The number of amides is 1. The van der Waals surface area contributed by atoms with Crippen molar-refractivity contribution in [1.29, 1.82) is 0 Å². The standard InChI is InChI=1S/C18H26N6O/c1-13(18-20-21-22-24(18)17-7-5-4-6-8-17)19-15-9-11-16(12-10-15)23(3)14(2)25/h9-13,17,19H,4-8H2,1-3H3/t13-/m0/s1. The molecule has 0 bridgehead atoms. The third kappa shape index (κ3) is 3.97. The van der Waals surface area contributed by atoms with E-state index in [9.17, 15) is 4.79 Å². The minimum atomic E-state index is 0.00770. The monoisotopic (exact) mass is 342 g/mol. The molecule has 1 amide bonds. The van der Waals surface area contributed by atoms with Crippen LogP contribution < -0.4 is 10.2 Å². The molecule has 0 aliphatic heterocycles. The van der Waals surface area contributed by atoms with Crippen molar-refractivity contribution in [2.24, 2.45) is 0 Å². The Morgan fingerprint density at radius 1 is 1.24 bits per heavy atom. The van der Waals surface area contributed by atoms with Crippen LogP contribution in [0.5, 0.6) is 0 Å². The van der Waals surface area contributed by atoms with Gasteiger partial charge in [-0.05, 0) is 54.5 Å². The SMILES string of the molecule is CC(=O)N(C)c1ccc(N[C@@H](C)c2nnnn2C2CCCCC2)cc1. The summed E-state index contributed by atoms with van der Waals surface area (Å²) < 4.78 is 1.99. The van der Waals surface area contributed by atoms with E-state index in [2.05, 4.69) is 27.8 Å². The second kappa shape index (κ2) is 7.63. The maximum Gasteiger partial charge on any atom is 0.223 e. The zero-order chi connectivity index (χ0) is 17.8. The van der Waals surface area contributed by atoms with E-state index in [-0.39, 0.29) is 11.9 Å². The second-order valence-electron chi connectivity index (χ2n) is 6.76. The summed E-state index contributed by atoms with van der Waals surface area (Å²) in [6.45, 7) is 3.62. The van der Waals surface area contributed by atoms with Crippen molar-refractivity contribution in [1.82, 2.24) is 20.2 Å². The molecule has 1 aliphatic rings. The van der Waals surface area contributed by atoms with E-state index in [4.69, 9.17) is 0 Å². The van der Waals surface area contributed by atoms with Gasteiger partial charge >= 0.3 is 0 Å². The van der Waals surface area contributed by atoms with Crippen LogP contribution in [0.15, 0.2) is 24.3 Å². The highest BCUT2D eigenvalue weighted by molar-refractivity contribution is 5.91. The van der Waals surface area contributed by atoms with E-state index in [1.165, 1.54) is 19.3 Å². The number of nitrogens with one attached hydrogen (secondary N) is 1. The molecule has 25 heavy (non-hydrogen) atoms. The molecule has 2 aromatic rings. The number of rotatable bonds is 5. The number of tetrazole rings is 1. The number of carbonyl (C=O) groups excluding carboxylic acids is 1. The van der Waals surface area contributed by atoms with Crippen molar-refractivity contribution in [2.75, 3.05) is 17.3 Å². The molecule has 0 spiro atoms. The van der Waals surface area contributed by atoms with Crippen molar-refractivity contribution in [3.8, 4) is 0 Å². The maximum atomic E-state index is 11.4. The number of nitrogens with zero attached hydrogens (tertiary/aromatic N) is 5. The molecule has 0 unspecified atom stereocenters. The van der Waals surface area contributed by atoms with E-state index < -0.39 is 0 Å². The number of benzene rings is 1. The first kappa shape index (κ1) is 17.4. The van der Waals surface area contributed by atoms with Crippen molar-refractivity contribution in [3.05, 3.63) is 30.1 Å². The Labute approximate surface area is 148 Å². The molecular formula is C18H26N6O. The van der Waals surface area contributed by atoms with Crippen molar-refractivity contribution in [2.45, 2.75) is 58.0 Å². The predicted molar refractivity (Wildman–Crippen MR) is 97.5 cm³/mol. The Morgan fingerprint density at radius 3 is 2.56 bits per heavy atom. The summed E-state index contributed by atoms with van der Waals surface area (Å²) in [6.07, 6.45) is 6.10. The quantitative estimate of drug-likeness (QED) is 0.902. The Bertz CT molecular complexity index is 705. The van der Waals surface area contributed by atoms with E-state index in [0.29, 0.717) is 6.04 Å². The van der Waals surface area contributed by atoms with Gasteiger partial charge in [-0.25, -0.2) is 4.68 Å². The molecule has 1 N–H and O–H groups in total. The van der Waals surface area contributed by atoms with Crippen LogP contribution in [0.25, 0.3) is 0 Å². The van der Waals surface area contributed by atoms with Gasteiger partial charge in [0.25, 0.3) is 0 Å². The Kier molecular flexibility index (Phi) is 5.31. The first-order valence-corrected chi connectivity index (χ1v) is 8.95. The lowest BCUT2D eigenvalue weighted by Gasteiger charge is -2.24. The van der Waals surface area contributed by atoms with Gasteiger partial charge in [-0.2, -0.15) is 0 Å². The molecule has 7 heteroatoms. The second-order valence-corrected chi connectivity index (χ2v) is 6.76. The van der Waals surface area contributed by atoms with Crippen LogP contribution in [-0.2, 0) is 4.79 Å². The molecule has 1 heterocycles. The Hall–Kier alpha value is -2.44. The third-order valence-electron chi connectivity index (χ3n) is 4.94. The smallest absolute Gasteiger partial charge is 0.223 e. The highest BCUT2D eigenvalue weighted by Gasteiger charge is 2.23. The fourth-order valence-electron chi connectivity index (χ4n) is 3.35. The first-order chi connectivity index (χ1) is 12.1. The summed E-state index contributed by atoms with van der Waals surface area (Å²) in [7, 11) is 1.77. The highest BCUT2D eigenvalue weighted by Crippen LogP contribution is 2.30. The fraction of sp³-hybridized carbons (Fsp3) is 0.556. The predicted octanol–water partition coefficient (Wildman–Crippen LogP) is 3.33. The van der Waals surface area contributed by atoms with E-state index in [1.807, 2.05) is 28.9 Å². The van der Waals surface area contributed by atoms with Crippen molar-refractivity contribution >= 4 is 17.3 Å². The van der Waals surface area contributed by atoms with Gasteiger partial charge < -0.3 is 10.2 Å². The summed E-state index contributed by atoms with van der Waals surface area (Å²) in [4.78, 5) is 13.1. The topological polar surface area (TPSA) is 75.9 Å². The van der Waals surface area contributed by atoms with E-state index >= 15 is 0 Å². The number of aromatic nitrogens is 4. The fourth-order valence-corrected chi connectivity index (χ4v) is 3.35. The van der Waals surface area contributed by atoms with Gasteiger partial charge in [-0.3, -0.25) is 4.79 Å². The zero-order valence-corrected chi connectivity index (χ0v) is 15.1. The van der Waals surface area contributed by atoms with Crippen LogP contribution in [0.1, 0.15) is 63.9 Å². The van der Waals surface area contributed by atoms with Crippen LogP contribution in [0.3, 0.4) is 0 Å².